The van der Waals surface area contributed by atoms with Gasteiger partial charge in [-0.25, -0.2) is 0 Å². The average Bonchev–Trinajstić information content (AvgIpc) is 3.01. The molecule has 0 spiro atoms. The lowest BCUT2D eigenvalue weighted by molar-refractivity contribution is 0.0947. The van der Waals surface area contributed by atoms with Crippen LogP contribution in [0.2, 0.25) is 0 Å². The Labute approximate surface area is 123 Å². The van der Waals surface area contributed by atoms with Crippen LogP contribution in [0.3, 0.4) is 0 Å². The van der Waals surface area contributed by atoms with Crippen molar-refractivity contribution in [2.45, 2.75) is 25.7 Å². The van der Waals surface area contributed by atoms with E-state index < -0.39 is 0 Å². The second-order valence-corrected chi connectivity index (χ2v) is 4.75. The van der Waals surface area contributed by atoms with Crippen LogP contribution in [-0.4, -0.2) is 39.2 Å². The molecular weight excluding hydrogens is 268 g/mol. The quantitative estimate of drug-likeness (QED) is 0.722. The Hall–Kier alpha value is -2.21. The van der Waals surface area contributed by atoms with E-state index in [9.17, 15) is 4.79 Å². The fourth-order valence-corrected chi connectivity index (χ4v) is 1.94. The van der Waals surface area contributed by atoms with E-state index in [1.165, 1.54) is 11.0 Å². The van der Waals surface area contributed by atoms with Gasteiger partial charge in [-0.15, -0.1) is 5.10 Å². The first kappa shape index (κ1) is 15.2. The number of aliphatic hydroxyl groups is 1. The van der Waals surface area contributed by atoms with Crippen molar-refractivity contribution in [2.24, 2.45) is 0 Å². The van der Waals surface area contributed by atoms with Gasteiger partial charge in [-0.05, 0) is 25.0 Å². The molecule has 1 amide bonds. The van der Waals surface area contributed by atoms with E-state index in [1.54, 1.807) is 0 Å². The van der Waals surface area contributed by atoms with Gasteiger partial charge >= 0.3 is 0 Å². The van der Waals surface area contributed by atoms with Gasteiger partial charge in [-0.1, -0.05) is 31.0 Å². The molecule has 0 aliphatic rings. The van der Waals surface area contributed by atoms with Gasteiger partial charge in [0.25, 0.3) is 5.91 Å². The van der Waals surface area contributed by atoms with Gasteiger partial charge in [0.15, 0.2) is 5.69 Å². The number of aromatic nitrogens is 3. The number of carbonyl (C=O) groups is 1. The van der Waals surface area contributed by atoms with Crippen LogP contribution in [0.5, 0.6) is 0 Å². The lowest BCUT2D eigenvalue weighted by Crippen LogP contribution is -2.25. The number of nitrogens with zero attached hydrogens (tertiary/aromatic N) is 3. The first-order chi connectivity index (χ1) is 10.3. The monoisotopic (exact) mass is 288 g/mol. The molecule has 1 aromatic heterocycles. The molecule has 0 unspecified atom stereocenters. The molecule has 1 heterocycles. The van der Waals surface area contributed by atoms with E-state index >= 15 is 0 Å². The first-order valence-electron chi connectivity index (χ1n) is 7.18. The predicted molar refractivity (Wildman–Crippen MR) is 79.2 cm³/mol. The summed E-state index contributed by atoms with van der Waals surface area (Å²) in [6, 6.07) is 9.46. The van der Waals surface area contributed by atoms with Crippen LogP contribution in [0.4, 0.5) is 0 Å². The molecule has 6 heteroatoms. The van der Waals surface area contributed by atoms with E-state index in [4.69, 9.17) is 5.11 Å². The van der Waals surface area contributed by atoms with Crippen molar-refractivity contribution >= 4 is 5.91 Å². The molecule has 21 heavy (non-hydrogen) atoms. The van der Waals surface area contributed by atoms with Gasteiger partial charge < -0.3 is 10.4 Å². The van der Waals surface area contributed by atoms with Gasteiger partial charge in [0.1, 0.15) is 0 Å². The van der Waals surface area contributed by atoms with Crippen LogP contribution < -0.4 is 5.32 Å². The Bertz CT molecular complexity index is 554. The first-order valence-corrected chi connectivity index (χ1v) is 7.18. The van der Waals surface area contributed by atoms with Gasteiger partial charge in [-0.2, -0.15) is 9.90 Å². The molecule has 1 aromatic carbocycles. The third-order valence-electron chi connectivity index (χ3n) is 3.08. The number of benzene rings is 1. The smallest absolute Gasteiger partial charge is 0.273 e. The number of rotatable bonds is 8. The molecule has 2 N–H and O–H groups in total. The number of carbonyl (C=O) groups excluding carboxylic acids is 1. The van der Waals surface area contributed by atoms with Gasteiger partial charge in [0.05, 0.1) is 11.9 Å². The number of nitrogens with one attached hydrogen (secondary N) is 1. The van der Waals surface area contributed by atoms with Crippen LogP contribution >= 0.6 is 0 Å². The van der Waals surface area contributed by atoms with E-state index in [0.717, 1.165) is 31.4 Å². The molecule has 0 aliphatic heterocycles. The minimum Gasteiger partial charge on any atom is -0.396 e. The zero-order chi connectivity index (χ0) is 14.9. The number of para-hydroxylation sites is 1. The Kier molecular flexibility index (Phi) is 5.90. The predicted octanol–water partition coefficient (Wildman–Crippen LogP) is 1.55. The van der Waals surface area contributed by atoms with Crippen LogP contribution in [-0.2, 0) is 0 Å². The zero-order valence-electron chi connectivity index (χ0n) is 11.9. The maximum Gasteiger partial charge on any atom is 0.273 e. The number of hydrogen-bond acceptors (Lipinski definition) is 4. The molecule has 2 rings (SSSR count). The summed E-state index contributed by atoms with van der Waals surface area (Å²) in [4.78, 5) is 13.4. The second kappa shape index (κ2) is 8.16. The van der Waals surface area contributed by atoms with Gasteiger partial charge in [-0.3, -0.25) is 4.79 Å². The highest BCUT2D eigenvalue weighted by molar-refractivity contribution is 5.91. The highest BCUT2D eigenvalue weighted by atomic mass is 16.2. The second-order valence-electron chi connectivity index (χ2n) is 4.75. The molecule has 0 bridgehead atoms. The topological polar surface area (TPSA) is 80.0 Å². The summed E-state index contributed by atoms with van der Waals surface area (Å²) in [5.74, 6) is -0.209. The van der Waals surface area contributed by atoms with Gasteiger partial charge in [0.2, 0.25) is 0 Å². The molecule has 0 radical (unpaired) electrons. The zero-order valence-corrected chi connectivity index (χ0v) is 11.9. The summed E-state index contributed by atoms with van der Waals surface area (Å²) in [7, 11) is 0. The summed E-state index contributed by atoms with van der Waals surface area (Å²) < 4.78 is 0. The molecule has 6 nitrogen and oxygen atoms in total. The minimum atomic E-state index is -0.209. The highest BCUT2D eigenvalue weighted by Gasteiger charge is 2.10. The summed E-state index contributed by atoms with van der Waals surface area (Å²) in [5.41, 5.74) is 1.13. The maximum absolute atomic E-state index is 11.9. The molecule has 0 atom stereocenters. The SMILES string of the molecule is O=C(NCCCCCCO)c1cnn(-c2ccccc2)n1. The lowest BCUT2D eigenvalue weighted by Gasteiger charge is -2.02. The third kappa shape index (κ3) is 4.68. The van der Waals surface area contributed by atoms with Crippen LogP contribution in [0.1, 0.15) is 36.2 Å². The van der Waals surface area contributed by atoms with Crippen LogP contribution in [0.15, 0.2) is 36.5 Å². The number of hydrogen-bond donors (Lipinski definition) is 2. The maximum atomic E-state index is 11.9. The minimum absolute atomic E-state index is 0.209. The van der Waals surface area contributed by atoms with Crippen molar-refractivity contribution in [3.05, 3.63) is 42.2 Å². The van der Waals surface area contributed by atoms with Crippen molar-refractivity contribution in [3.63, 3.8) is 0 Å². The summed E-state index contributed by atoms with van der Waals surface area (Å²) in [5, 5.41) is 19.8. The standard InChI is InChI=1S/C15H20N4O2/c20-11-7-2-1-6-10-16-15(21)14-12-17-19(18-14)13-8-4-3-5-9-13/h3-5,8-9,12,20H,1-2,6-7,10-11H2,(H,16,21). The van der Waals surface area contributed by atoms with Crippen molar-refractivity contribution < 1.29 is 9.90 Å². The largest absolute Gasteiger partial charge is 0.396 e. The molecule has 0 saturated heterocycles. The summed E-state index contributed by atoms with van der Waals surface area (Å²) in [6.07, 6.45) is 5.17. The van der Waals surface area contributed by atoms with Gasteiger partial charge in [0, 0.05) is 13.2 Å². The Balaban J connectivity index is 1.80. The number of amides is 1. The molecule has 112 valence electrons. The van der Waals surface area contributed by atoms with Crippen LogP contribution in [0, 0.1) is 0 Å². The fourth-order valence-electron chi connectivity index (χ4n) is 1.94. The number of unbranched alkanes of at least 4 members (excludes halogenated alkanes) is 3. The average molecular weight is 288 g/mol. The Morgan fingerprint density at radius 3 is 2.67 bits per heavy atom. The molecular formula is C15H20N4O2. The molecule has 0 aliphatic carbocycles. The molecule has 2 aromatic rings. The van der Waals surface area contributed by atoms with E-state index in [2.05, 4.69) is 15.5 Å². The highest BCUT2D eigenvalue weighted by Crippen LogP contribution is 2.04. The molecule has 0 fully saturated rings. The Morgan fingerprint density at radius 1 is 1.14 bits per heavy atom. The van der Waals surface area contributed by atoms with E-state index in [0.29, 0.717) is 12.2 Å². The lowest BCUT2D eigenvalue weighted by atomic mass is 10.2. The van der Waals surface area contributed by atoms with Crippen molar-refractivity contribution in [3.8, 4) is 5.69 Å². The summed E-state index contributed by atoms with van der Waals surface area (Å²) in [6.45, 7) is 0.845. The summed E-state index contributed by atoms with van der Waals surface area (Å²) >= 11 is 0. The Morgan fingerprint density at radius 2 is 1.90 bits per heavy atom. The van der Waals surface area contributed by atoms with E-state index in [1.807, 2.05) is 30.3 Å². The normalized spacial score (nSPS) is 10.5. The number of aliphatic hydroxyl groups excluding tert-OH is 1. The van der Waals surface area contributed by atoms with Crippen LogP contribution in [0.25, 0.3) is 5.69 Å². The van der Waals surface area contributed by atoms with Crippen molar-refractivity contribution in [2.75, 3.05) is 13.2 Å². The van der Waals surface area contributed by atoms with Crippen molar-refractivity contribution in [1.29, 1.82) is 0 Å². The van der Waals surface area contributed by atoms with Crippen molar-refractivity contribution in [1.82, 2.24) is 20.3 Å². The third-order valence-corrected chi connectivity index (χ3v) is 3.08. The molecule has 0 saturated carbocycles. The van der Waals surface area contributed by atoms with E-state index in [-0.39, 0.29) is 12.5 Å². The fraction of sp³-hybridized carbons (Fsp3) is 0.400.